The number of hydrogen-bond acceptors (Lipinski definition) is 3. The fourth-order valence-corrected chi connectivity index (χ4v) is 1.61. The number of aromatic nitrogens is 2. The Kier molecular flexibility index (Phi) is 5.36. The molecule has 4 nitrogen and oxygen atoms in total. The van der Waals surface area contributed by atoms with Gasteiger partial charge in [0.25, 0.3) is 0 Å². The van der Waals surface area contributed by atoms with Crippen LogP contribution in [-0.4, -0.2) is 29.7 Å². The third-order valence-electron chi connectivity index (χ3n) is 2.34. The van der Waals surface area contributed by atoms with Crippen molar-refractivity contribution >= 4 is 0 Å². The average Bonchev–Trinajstić information content (AvgIpc) is 2.61. The molecule has 0 spiro atoms. The summed E-state index contributed by atoms with van der Waals surface area (Å²) in [5.41, 5.74) is 1.13. The average molecular weight is 211 g/mol. The highest BCUT2D eigenvalue weighted by atomic mass is 16.5. The van der Waals surface area contributed by atoms with E-state index in [4.69, 9.17) is 4.74 Å². The number of imidazole rings is 1. The first-order chi connectivity index (χ1) is 7.26. The van der Waals surface area contributed by atoms with Crippen molar-refractivity contribution in [2.24, 2.45) is 0 Å². The van der Waals surface area contributed by atoms with Gasteiger partial charge >= 0.3 is 0 Å². The molecule has 1 unspecified atom stereocenters. The summed E-state index contributed by atoms with van der Waals surface area (Å²) in [5.74, 6) is 0.964. The summed E-state index contributed by atoms with van der Waals surface area (Å²) < 4.78 is 5.16. The van der Waals surface area contributed by atoms with Crippen LogP contribution >= 0.6 is 0 Å². The maximum atomic E-state index is 5.16. The Morgan fingerprint density at radius 1 is 1.60 bits per heavy atom. The number of ether oxygens (including phenoxy) is 1. The Balaban J connectivity index is 2.32. The minimum atomic E-state index is 0.434. The zero-order chi connectivity index (χ0) is 11.1. The molecular weight excluding hydrogens is 190 g/mol. The highest BCUT2D eigenvalue weighted by Crippen LogP contribution is 2.00. The van der Waals surface area contributed by atoms with Crippen LogP contribution in [0.25, 0.3) is 0 Å². The first-order valence-electron chi connectivity index (χ1n) is 5.49. The number of nitrogens with zero attached hydrogens (tertiary/aromatic N) is 1. The van der Waals surface area contributed by atoms with Crippen LogP contribution < -0.4 is 5.32 Å². The van der Waals surface area contributed by atoms with Gasteiger partial charge in [-0.1, -0.05) is 13.3 Å². The SMILES string of the molecule is CCCC(COC)NCc1cnc(C)[nH]1. The van der Waals surface area contributed by atoms with Gasteiger partial charge in [0.15, 0.2) is 0 Å². The fourth-order valence-electron chi connectivity index (χ4n) is 1.61. The monoisotopic (exact) mass is 211 g/mol. The van der Waals surface area contributed by atoms with E-state index in [-0.39, 0.29) is 0 Å². The minimum absolute atomic E-state index is 0.434. The minimum Gasteiger partial charge on any atom is -0.383 e. The highest BCUT2D eigenvalue weighted by molar-refractivity contribution is 4.99. The lowest BCUT2D eigenvalue weighted by molar-refractivity contribution is 0.161. The molecule has 0 aliphatic heterocycles. The zero-order valence-corrected chi connectivity index (χ0v) is 9.84. The molecule has 4 heteroatoms. The van der Waals surface area contributed by atoms with Gasteiger partial charge in [0.05, 0.1) is 6.61 Å². The van der Waals surface area contributed by atoms with Crippen LogP contribution in [0.3, 0.4) is 0 Å². The molecule has 0 amide bonds. The molecule has 86 valence electrons. The molecule has 1 aromatic rings. The van der Waals surface area contributed by atoms with E-state index in [9.17, 15) is 0 Å². The van der Waals surface area contributed by atoms with Crippen LogP contribution in [0.5, 0.6) is 0 Å². The third kappa shape index (κ3) is 4.44. The summed E-state index contributed by atoms with van der Waals surface area (Å²) in [6.45, 7) is 5.74. The molecular formula is C11H21N3O. The number of aromatic amines is 1. The van der Waals surface area contributed by atoms with Gasteiger partial charge in [-0.2, -0.15) is 0 Å². The summed E-state index contributed by atoms with van der Waals surface area (Å²) in [7, 11) is 1.74. The lowest BCUT2D eigenvalue weighted by Crippen LogP contribution is -2.32. The Labute approximate surface area is 91.4 Å². The van der Waals surface area contributed by atoms with E-state index in [1.54, 1.807) is 7.11 Å². The van der Waals surface area contributed by atoms with E-state index < -0.39 is 0 Å². The number of nitrogens with one attached hydrogen (secondary N) is 2. The first kappa shape index (κ1) is 12.2. The van der Waals surface area contributed by atoms with E-state index in [0.717, 1.165) is 31.1 Å². The van der Waals surface area contributed by atoms with Gasteiger partial charge in [0, 0.05) is 31.6 Å². The Morgan fingerprint density at radius 3 is 2.93 bits per heavy atom. The predicted octanol–water partition coefficient (Wildman–Crippen LogP) is 1.62. The van der Waals surface area contributed by atoms with Crippen molar-refractivity contribution in [3.8, 4) is 0 Å². The Morgan fingerprint density at radius 2 is 2.40 bits per heavy atom. The number of methoxy groups -OCH3 is 1. The molecule has 1 heterocycles. The topological polar surface area (TPSA) is 49.9 Å². The summed E-state index contributed by atoms with van der Waals surface area (Å²) in [6, 6.07) is 0.434. The van der Waals surface area contributed by atoms with Crippen LogP contribution in [-0.2, 0) is 11.3 Å². The smallest absolute Gasteiger partial charge is 0.103 e. The summed E-state index contributed by atoms with van der Waals surface area (Å²) in [5, 5.41) is 3.45. The van der Waals surface area contributed by atoms with Gasteiger partial charge < -0.3 is 15.0 Å². The maximum Gasteiger partial charge on any atom is 0.103 e. The van der Waals surface area contributed by atoms with Gasteiger partial charge in [0.1, 0.15) is 5.82 Å². The van der Waals surface area contributed by atoms with Crippen LogP contribution in [0, 0.1) is 6.92 Å². The molecule has 1 atom stereocenters. The first-order valence-corrected chi connectivity index (χ1v) is 5.49. The lowest BCUT2D eigenvalue weighted by Gasteiger charge is -2.16. The zero-order valence-electron chi connectivity index (χ0n) is 9.84. The van der Waals surface area contributed by atoms with Crippen LogP contribution in [0.4, 0.5) is 0 Å². The second-order valence-corrected chi connectivity index (χ2v) is 3.82. The van der Waals surface area contributed by atoms with E-state index in [1.807, 2.05) is 13.1 Å². The Hall–Kier alpha value is -0.870. The van der Waals surface area contributed by atoms with Gasteiger partial charge in [-0.05, 0) is 13.3 Å². The molecule has 0 aromatic carbocycles. The second kappa shape index (κ2) is 6.58. The summed E-state index contributed by atoms with van der Waals surface area (Å²) >= 11 is 0. The molecule has 0 radical (unpaired) electrons. The molecule has 0 aliphatic rings. The Bertz CT molecular complexity index is 267. The standard InChI is InChI=1S/C11H21N3O/c1-4-5-10(8-15-3)13-7-11-6-12-9(2)14-11/h6,10,13H,4-5,7-8H2,1-3H3,(H,12,14). The number of H-pyrrole nitrogens is 1. The van der Waals surface area contributed by atoms with E-state index in [2.05, 4.69) is 22.2 Å². The van der Waals surface area contributed by atoms with Crippen LogP contribution in [0.2, 0.25) is 0 Å². The van der Waals surface area contributed by atoms with Gasteiger partial charge in [-0.3, -0.25) is 0 Å². The molecule has 0 saturated carbocycles. The molecule has 15 heavy (non-hydrogen) atoms. The van der Waals surface area contributed by atoms with Crippen molar-refractivity contribution < 1.29 is 4.74 Å². The van der Waals surface area contributed by atoms with Gasteiger partial charge in [0.2, 0.25) is 0 Å². The van der Waals surface area contributed by atoms with Crippen LogP contribution in [0.15, 0.2) is 6.20 Å². The van der Waals surface area contributed by atoms with E-state index in [1.165, 1.54) is 6.42 Å². The predicted molar refractivity (Wildman–Crippen MR) is 60.7 cm³/mol. The fraction of sp³-hybridized carbons (Fsp3) is 0.727. The van der Waals surface area contributed by atoms with Crippen molar-refractivity contribution in [1.82, 2.24) is 15.3 Å². The van der Waals surface area contributed by atoms with Crippen molar-refractivity contribution in [2.45, 2.75) is 39.3 Å². The van der Waals surface area contributed by atoms with Crippen molar-refractivity contribution in [2.75, 3.05) is 13.7 Å². The molecule has 2 N–H and O–H groups in total. The highest BCUT2D eigenvalue weighted by Gasteiger charge is 2.06. The van der Waals surface area contributed by atoms with E-state index in [0.29, 0.717) is 6.04 Å². The lowest BCUT2D eigenvalue weighted by atomic mass is 10.2. The van der Waals surface area contributed by atoms with Gasteiger partial charge in [-0.25, -0.2) is 4.98 Å². The van der Waals surface area contributed by atoms with Crippen LogP contribution in [0.1, 0.15) is 31.3 Å². The molecule has 0 bridgehead atoms. The number of aryl methyl sites for hydroxylation is 1. The molecule has 0 fully saturated rings. The van der Waals surface area contributed by atoms with Gasteiger partial charge in [-0.15, -0.1) is 0 Å². The molecule has 1 aromatic heterocycles. The van der Waals surface area contributed by atoms with Crippen molar-refractivity contribution in [3.05, 3.63) is 17.7 Å². The van der Waals surface area contributed by atoms with E-state index >= 15 is 0 Å². The van der Waals surface area contributed by atoms with Crippen molar-refractivity contribution in [3.63, 3.8) is 0 Å². The maximum absolute atomic E-state index is 5.16. The number of hydrogen-bond donors (Lipinski definition) is 2. The quantitative estimate of drug-likeness (QED) is 0.720. The largest absolute Gasteiger partial charge is 0.383 e. The third-order valence-corrected chi connectivity index (χ3v) is 2.34. The normalized spacial score (nSPS) is 13.0. The number of rotatable bonds is 7. The van der Waals surface area contributed by atoms with Crippen molar-refractivity contribution in [1.29, 1.82) is 0 Å². The second-order valence-electron chi connectivity index (χ2n) is 3.82. The molecule has 0 saturated heterocycles. The molecule has 0 aliphatic carbocycles. The summed E-state index contributed by atoms with van der Waals surface area (Å²) in [4.78, 5) is 7.36. The molecule has 1 rings (SSSR count). The summed E-state index contributed by atoms with van der Waals surface area (Å²) in [6.07, 6.45) is 4.18.